The van der Waals surface area contributed by atoms with Crippen molar-refractivity contribution in [3.05, 3.63) is 35.9 Å². The predicted octanol–water partition coefficient (Wildman–Crippen LogP) is 3.83. The van der Waals surface area contributed by atoms with Gasteiger partial charge in [0.25, 0.3) is 0 Å². The van der Waals surface area contributed by atoms with Crippen molar-refractivity contribution in [2.45, 2.75) is 65.1 Å². The Kier molecular flexibility index (Phi) is 6.52. The Morgan fingerprint density at radius 3 is 2.48 bits per heavy atom. The highest BCUT2D eigenvalue weighted by Crippen LogP contribution is 2.36. The maximum absolute atomic E-state index is 12.5. The van der Waals surface area contributed by atoms with Crippen molar-refractivity contribution >= 4 is 12.1 Å². The summed E-state index contributed by atoms with van der Waals surface area (Å²) in [6.45, 7) is 9.96. The third kappa shape index (κ3) is 5.01. The first-order valence-corrected chi connectivity index (χ1v) is 9.61. The fourth-order valence-corrected chi connectivity index (χ4v) is 3.68. The van der Waals surface area contributed by atoms with Crippen molar-refractivity contribution in [3.8, 4) is 0 Å². The zero-order chi connectivity index (χ0) is 20.2. The number of likely N-dealkylation sites (tertiary alicyclic amines) is 1. The maximum Gasteiger partial charge on any atom is 0.410 e. The Labute approximate surface area is 161 Å². The Hall–Kier alpha value is -2.08. The van der Waals surface area contributed by atoms with Gasteiger partial charge in [-0.1, -0.05) is 37.3 Å². The first-order chi connectivity index (χ1) is 12.6. The Balaban J connectivity index is 2.19. The van der Waals surface area contributed by atoms with Gasteiger partial charge in [-0.15, -0.1) is 0 Å². The van der Waals surface area contributed by atoms with Crippen LogP contribution in [0.25, 0.3) is 0 Å². The van der Waals surface area contributed by atoms with E-state index in [1.54, 1.807) is 0 Å². The molecule has 1 aromatic carbocycles. The lowest BCUT2D eigenvalue weighted by Gasteiger charge is -2.46. The van der Waals surface area contributed by atoms with Gasteiger partial charge in [-0.25, -0.2) is 4.79 Å². The van der Waals surface area contributed by atoms with Gasteiger partial charge in [0.2, 0.25) is 0 Å². The first-order valence-electron chi connectivity index (χ1n) is 9.61. The molecule has 0 bridgehead atoms. The minimum atomic E-state index is -1.04. The molecule has 3 atom stereocenters. The summed E-state index contributed by atoms with van der Waals surface area (Å²) >= 11 is 0. The molecule has 2 N–H and O–H groups in total. The maximum atomic E-state index is 12.5. The van der Waals surface area contributed by atoms with Crippen LogP contribution >= 0.6 is 0 Å². The molecule has 0 saturated carbocycles. The standard InChI is InChI=1S/C21H32N2O4/c1-6-21(18(24)25)14-23(19(26)27-20(3,4)5)13-12-17(21)22-15(2)16-10-8-7-9-11-16/h7-11,15,17,22H,6,12-14H2,1-5H3,(H,24,25). The van der Waals surface area contributed by atoms with E-state index < -0.39 is 23.1 Å². The molecule has 0 aliphatic carbocycles. The number of rotatable bonds is 5. The van der Waals surface area contributed by atoms with E-state index in [9.17, 15) is 14.7 Å². The zero-order valence-electron chi connectivity index (χ0n) is 17.0. The molecule has 1 amide bonds. The van der Waals surface area contributed by atoms with Crippen molar-refractivity contribution in [3.63, 3.8) is 0 Å². The Bertz CT molecular complexity index is 656. The van der Waals surface area contributed by atoms with Gasteiger partial charge in [0.15, 0.2) is 0 Å². The number of nitrogens with one attached hydrogen (secondary N) is 1. The van der Waals surface area contributed by atoms with Crippen LogP contribution in [0.5, 0.6) is 0 Å². The van der Waals surface area contributed by atoms with Gasteiger partial charge in [-0.2, -0.15) is 0 Å². The third-order valence-electron chi connectivity index (χ3n) is 5.29. The SMILES string of the molecule is CCC1(C(=O)O)CN(C(=O)OC(C)(C)C)CCC1NC(C)c1ccccc1. The third-order valence-corrected chi connectivity index (χ3v) is 5.29. The van der Waals surface area contributed by atoms with Crippen LogP contribution in [0.15, 0.2) is 30.3 Å². The summed E-state index contributed by atoms with van der Waals surface area (Å²) < 4.78 is 5.45. The van der Waals surface area contributed by atoms with Crippen LogP contribution in [-0.4, -0.2) is 46.8 Å². The number of hydrogen-bond acceptors (Lipinski definition) is 4. The number of benzene rings is 1. The van der Waals surface area contributed by atoms with Crippen LogP contribution < -0.4 is 5.32 Å². The summed E-state index contributed by atoms with van der Waals surface area (Å²) in [6, 6.07) is 9.77. The normalized spacial score (nSPS) is 24.3. The van der Waals surface area contributed by atoms with E-state index in [0.717, 1.165) is 5.56 Å². The van der Waals surface area contributed by atoms with Gasteiger partial charge in [-0.3, -0.25) is 4.79 Å². The molecule has 150 valence electrons. The monoisotopic (exact) mass is 376 g/mol. The highest BCUT2D eigenvalue weighted by atomic mass is 16.6. The molecule has 0 radical (unpaired) electrons. The average Bonchev–Trinajstić information content (AvgIpc) is 2.61. The van der Waals surface area contributed by atoms with Gasteiger partial charge in [0, 0.05) is 25.2 Å². The lowest BCUT2D eigenvalue weighted by molar-refractivity contribution is -0.155. The molecule has 3 unspecified atom stereocenters. The number of piperidine rings is 1. The van der Waals surface area contributed by atoms with Crippen LogP contribution in [0, 0.1) is 5.41 Å². The molecule has 6 nitrogen and oxygen atoms in total. The van der Waals surface area contributed by atoms with E-state index in [1.807, 2.05) is 65.0 Å². The number of carbonyl (C=O) groups excluding carboxylic acids is 1. The van der Waals surface area contributed by atoms with E-state index in [0.29, 0.717) is 19.4 Å². The number of amides is 1. The summed E-state index contributed by atoms with van der Waals surface area (Å²) in [4.78, 5) is 26.3. The molecule has 1 aliphatic heterocycles. The average molecular weight is 376 g/mol. The molecule has 1 saturated heterocycles. The van der Waals surface area contributed by atoms with Crippen molar-refractivity contribution < 1.29 is 19.4 Å². The fourth-order valence-electron chi connectivity index (χ4n) is 3.68. The van der Waals surface area contributed by atoms with E-state index in [4.69, 9.17) is 4.74 Å². The lowest BCUT2D eigenvalue weighted by atomic mass is 9.73. The van der Waals surface area contributed by atoms with E-state index in [2.05, 4.69) is 5.32 Å². The van der Waals surface area contributed by atoms with Gasteiger partial charge < -0.3 is 20.1 Å². The zero-order valence-corrected chi connectivity index (χ0v) is 17.0. The number of carboxylic acids is 1. The molecule has 1 heterocycles. The molecular weight excluding hydrogens is 344 g/mol. The largest absolute Gasteiger partial charge is 0.481 e. The summed E-state index contributed by atoms with van der Waals surface area (Å²) in [5.41, 5.74) is -0.535. The number of nitrogens with zero attached hydrogens (tertiary/aromatic N) is 1. The number of carboxylic acid groups (broad SMARTS) is 1. The number of ether oxygens (including phenoxy) is 1. The van der Waals surface area contributed by atoms with Gasteiger partial charge in [0.1, 0.15) is 11.0 Å². The van der Waals surface area contributed by atoms with Crippen LogP contribution in [0.2, 0.25) is 0 Å². The highest BCUT2D eigenvalue weighted by molar-refractivity contribution is 5.78. The molecule has 0 aromatic heterocycles. The highest BCUT2D eigenvalue weighted by Gasteiger charge is 2.50. The minimum Gasteiger partial charge on any atom is -0.481 e. The second-order valence-electron chi connectivity index (χ2n) is 8.36. The summed E-state index contributed by atoms with van der Waals surface area (Å²) in [6.07, 6.45) is 0.549. The predicted molar refractivity (Wildman–Crippen MR) is 105 cm³/mol. The topological polar surface area (TPSA) is 78.9 Å². The molecule has 2 rings (SSSR count). The van der Waals surface area contributed by atoms with Crippen LogP contribution in [0.3, 0.4) is 0 Å². The molecule has 6 heteroatoms. The summed E-state index contributed by atoms with van der Waals surface area (Å²) in [5, 5.41) is 13.6. The molecule has 1 aromatic rings. The number of hydrogen-bond donors (Lipinski definition) is 2. The first kappa shape index (κ1) is 21.2. The van der Waals surface area contributed by atoms with Crippen molar-refractivity contribution in [1.29, 1.82) is 0 Å². The molecular formula is C21H32N2O4. The lowest BCUT2D eigenvalue weighted by Crippen LogP contribution is -2.62. The van der Waals surface area contributed by atoms with E-state index in [1.165, 1.54) is 4.90 Å². The van der Waals surface area contributed by atoms with Crippen molar-refractivity contribution in [1.82, 2.24) is 10.2 Å². The van der Waals surface area contributed by atoms with Gasteiger partial charge in [-0.05, 0) is 46.1 Å². The summed E-state index contributed by atoms with van der Waals surface area (Å²) in [7, 11) is 0. The van der Waals surface area contributed by atoms with Crippen molar-refractivity contribution in [2.24, 2.45) is 5.41 Å². The van der Waals surface area contributed by atoms with Crippen LogP contribution in [0.4, 0.5) is 4.79 Å². The van der Waals surface area contributed by atoms with Gasteiger partial charge in [0.05, 0.1) is 0 Å². The fraction of sp³-hybridized carbons (Fsp3) is 0.619. The van der Waals surface area contributed by atoms with E-state index >= 15 is 0 Å². The summed E-state index contributed by atoms with van der Waals surface area (Å²) in [5.74, 6) is -0.879. The molecule has 27 heavy (non-hydrogen) atoms. The van der Waals surface area contributed by atoms with Crippen LogP contribution in [-0.2, 0) is 9.53 Å². The Morgan fingerprint density at radius 1 is 1.33 bits per heavy atom. The molecule has 0 spiro atoms. The van der Waals surface area contributed by atoms with Gasteiger partial charge >= 0.3 is 12.1 Å². The van der Waals surface area contributed by atoms with E-state index in [-0.39, 0.29) is 18.6 Å². The van der Waals surface area contributed by atoms with Crippen molar-refractivity contribution in [2.75, 3.05) is 13.1 Å². The molecule has 1 aliphatic rings. The minimum absolute atomic E-state index is 0.0227. The number of carbonyl (C=O) groups is 2. The van der Waals surface area contributed by atoms with Crippen LogP contribution in [0.1, 0.15) is 59.1 Å². The Morgan fingerprint density at radius 2 is 1.96 bits per heavy atom. The quantitative estimate of drug-likeness (QED) is 0.816. The smallest absolute Gasteiger partial charge is 0.410 e. The second kappa shape index (κ2) is 8.30. The molecule has 1 fully saturated rings. The number of aliphatic carboxylic acids is 1. The second-order valence-corrected chi connectivity index (χ2v) is 8.36.